The van der Waals surface area contributed by atoms with Crippen molar-refractivity contribution in [2.24, 2.45) is 0 Å². The van der Waals surface area contributed by atoms with Gasteiger partial charge in [0.2, 0.25) is 0 Å². The average molecular weight is 292 g/mol. The largest absolute Gasteiger partial charge is 0.481 e. The monoisotopic (exact) mass is 292 g/mol. The molecule has 116 valence electrons. The van der Waals surface area contributed by atoms with Gasteiger partial charge >= 0.3 is 12.0 Å². The predicted octanol–water partition coefficient (Wildman–Crippen LogP) is 3.36. The fourth-order valence-corrected chi connectivity index (χ4v) is 2.08. The molecule has 0 aliphatic rings. The molecule has 0 fully saturated rings. The zero-order valence-electron chi connectivity index (χ0n) is 12.9. The molecule has 1 unspecified atom stereocenters. The summed E-state index contributed by atoms with van der Waals surface area (Å²) in [5.41, 5.74) is 1.60. The Kier molecular flexibility index (Phi) is 6.72. The van der Waals surface area contributed by atoms with Gasteiger partial charge in [-0.2, -0.15) is 0 Å². The summed E-state index contributed by atoms with van der Waals surface area (Å²) in [6, 6.07) is 7.35. The van der Waals surface area contributed by atoms with Crippen LogP contribution in [0.2, 0.25) is 0 Å². The number of hydrogen-bond donors (Lipinski definition) is 2. The minimum atomic E-state index is -0.822. The maximum Gasteiger partial charge on any atom is 0.321 e. The van der Waals surface area contributed by atoms with Gasteiger partial charge in [0.25, 0.3) is 0 Å². The van der Waals surface area contributed by atoms with E-state index in [1.54, 1.807) is 18.0 Å². The van der Waals surface area contributed by atoms with Gasteiger partial charge < -0.3 is 15.3 Å². The van der Waals surface area contributed by atoms with Crippen LogP contribution in [0, 0.1) is 0 Å². The first-order valence-electron chi connectivity index (χ1n) is 7.28. The van der Waals surface area contributed by atoms with Gasteiger partial charge in [-0.1, -0.05) is 25.5 Å². The minimum absolute atomic E-state index is 0.0881. The lowest BCUT2D eigenvalue weighted by atomic mass is 10.1. The summed E-state index contributed by atoms with van der Waals surface area (Å²) in [5.74, 6) is -0.822. The number of benzene rings is 1. The average Bonchev–Trinajstić information content (AvgIpc) is 2.45. The van der Waals surface area contributed by atoms with E-state index in [0.717, 1.165) is 18.4 Å². The van der Waals surface area contributed by atoms with Crippen molar-refractivity contribution in [1.82, 2.24) is 4.90 Å². The van der Waals surface area contributed by atoms with E-state index in [4.69, 9.17) is 5.11 Å². The van der Waals surface area contributed by atoms with Gasteiger partial charge in [-0.05, 0) is 37.5 Å². The van der Waals surface area contributed by atoms with Gasteiger partial charge in [0.05, 0.1) is 0 Å². The Bertz CT molecular complexity index is 488. The van der Waals surface area contributed by atoms with Crippen LogP contribution in [-0.4, -0.2) is 35.1 Å². The highest BCUT2D eigenvalue weighted by Crippen LogP contribution is 2.14. The van der Waals surface area contributed by atoms with Crippen LogP contribution in [-0.2, 0) is 11.2 Å². The van der Waals surface area contributed by atoms with E-state index < -0.39 is 5.97 Å². The molecule has 5 heteroatoms. The zero-order chi connectivity index (χ0) is 15.8. The van der Waals surface area contributed by atoms with Crippen molar-refractivity contribution >= 4 is 17.7 Å². The van der Waals surface area contributed by atoms with Crippen molar-refractivity contribution in [1.29, 1.82) is 0 Å². The van der Waals surface area contributed by atoms with Gasteiger partial charge in [0.15, 0.2) is 0 Å². The standard InChI is InChI=1S/C16H24N2O3/c1-4-6-12(2)18(3)16(21)17-14-8-5-7-13(11-14)9-10-15(19)20/h5,7-8,11-12H,4,6,9-10H2,1-3H3,(H,17,21)(H,19,20). The number of carboxylic acid groups (broad SMARTS) is 1. The molecule has 5 nitrogen and oxygen atoms in total. The number of aliphatic carboxylic acids is 1. The van der Waals surface area contributed by atoms with E-state index in [0.29, 0.717) is 12.1 Å². The van der Waals surface area contributed by atoms with Crippen LogP contribution in [0.3, 0.4) is 0 Å². The van der Waals surface area contributed by atoms with Crippen molar-refractivity contribution in [3.8, 4) is 0 Å². The van der Waals surface area contributed by atoms with Gasteiger partial charge in [-0.25, -0.2) is 4.79 Å². The molecule has 0 bridgehead atoms. The number of rotatable bonds is 7. The molecular formula is C16H24N2O3. The molecule has 0 aromatic heterocycles. The third kappa shape index (κ3) is 5.85. The number of carbonyl (C=O) groups excluding carboxylic acids is 1. The van der Waals surface area contributed by atoms with E-state index >= 15 is 0 Å². The topological polar surface area (TPSA) is 69.6 Å². The Morgan fingerprint density at radius 3 is 2.71 bits per heavy atom. The lowest BCUT2D eigenvalue weighted by Crippen LogP contribution is -2.38. The summed E-state index contributed by atoms with van der Waals surface area (Å²) in [7, 11) is 1.78. The number of urea groups is 1. The Morgan fingerprint density at radius 2 is 2.10 bits per heavy atom. The molecule has 0 aliphatic carbocycles. The van der Waals surface area contributed by atoms with Crippen molar-refractivity contribution in [3.05, 3.63) is 29.8 Å². The molecule has 0 saturated heterocycles. The van der Waals surface area contributed by atoms with Crippen LogP contribution in [0.25, 0.3) is 0 Å². The smallest absolute Gasteiger partial charge is 0.321 e. The maximum absolute atomic E-state index is 12.1. The van der Waals surface area contributed by atoms with Crippen LogP contribution < -0.4 is 5.32 Å². The van der Waals surface area contributed by atoms with E-state index in [9.17, 15) is 9.59 Å². The van der Waals surface area contributed by atoms with Crippen LogP contribution in [0.15, 0.2) is 24.3 Å². The van der Waals surface area contributed by atoms with E-state index in [1.165, 1.54) is 0 Å². The summed E-state index contributed by atoms with van der Waals surface area (Å²) in [4.78, 5) is 24.4. The molecule has 1 aromatic rings. The molecule has 2 amide bonds. The lowest BCUT2D eigenvalue weighted by Gasteiger charge is -2.25. The third-order valence-corrected chi connectivity index (χ3v) is 3.49. The van der Waals surface area contributed by atoms with Crippen molar-refractivity contribution < 1.29 is 14.7 Å². The Labute approximate surface area is 126 Å². The van der Waals surface area contributed by atoms with Crippen molar-refractivity contribution in [2.75, 3.05) is 12.4 Å². The van der Waals surface area contributed by atoms with Gasteiger partial charge in [0, 0.05) is 25.2 Å². The number of anilines is 1. The van der Waals surface area contributed by atoms with Crippen LogP contribution in [0.1, 0.15) is 38.7 Å². The minimum Gasteiger partial charge on any atom is -0.481 e. The Balaban J connectivity index is 2.63. The maximum atomic E-state index is 12.1. The summed E-state index contributed by atoms with van der Waals surface area (Å²) in [6.07, 6.45) is 2.54. The number of nitrogens with zero attached hydrogens (tertiary/aromatic N) is 1. The van der Waals surface area contributed by atoms with Gasteiger partial charge in [-0.3, -0.25) is 4.79 Å². The van der Waals surface area contributed by atoms with E-state index in [2.05, 4.69) is 12.2 Å². The molecule has 1 rings (SSSR count). The number of aryl methyl sites for hydroxylation is 1. The molecule has 0 heterocycles. The molecule has 2 N–H and O–H groups in total. The summed E-state index contributed by atoms with van der Waals surface area (Å²) in [5, 5.41) is 11.5. The molecule has 1 aromatic carbocycles. The second-order valence-electron chi connectivity index (χ2n) is 5.27. The third-order valence-electron chi connectivity index (χ3n) is 3.49. The molecule has 0 aliphatic heterocycles. The molecule has 21 heavy (non-hydrogen) atoms. The lowest BCUT2D eigenvalue weighted by molar-refractivity contribution is -0.136. The Morgan fingerprint density at radius 1 is 1.38 bits per heavy atom. The van der Waals surface area contributed by atoms with Crippen molar-refractivity contribution in [2.45, 2.75) is 45.6 Å². The summed E-state index contributed by atoms with van der Waals surface area (Å²) >= 11 is 0. The van der Waals surface area contributed by atoms with Crippen LogP contribution >= 0.6 is 0 Å². The number of nitrogens with one attached hydrogen (secondary N) is 1. The molecule has 0 saturated carbocycles. The number of hydrogen-bond acceptors (Lipinski definition) is 2. The van der Waals surface area contributed by atoms with Gasteiger partial charge in [-0.15, -0.1) is 0 Å². The number of carboxylic acids is 1. The molecular weight excluding hydrogens is 268 g/mol. The first kappa shape index (κ1) is 17.0. The van der Waals surface area contributed by atoms with Crippen molar-refractivity contribution in [3.63, 3.8) is 0 Å². The highest BCUT2D eigenvalue weighted by atomic mass is 16.4. The fourth-order valence-electron chi connectivity index (χ4n) is 2.08. The summed E-state index contributed by atoms with van der Waals surface area (Å²) in [6.45, 7) is 4.11. The zero-order valence-corrected chi connectivity index (χ0v) is 12.9. The molecule has 0 spiro atoms. The van der Waals surface area contributed by atoms with Gasteiger partial charge in [0.1, 0.15) is 0 Å². The second-order valence-corrected chi connectivity index (χ2v) is 5.27. The van der Waals surface area contributed by atoms with Crippen LogP contribution in [0.4, 0.5) is 10.5 Å². The SMILES string of the molecule is CCCC(C)N(C)C(=O)Nc1cccc(CCC(=O)O)c1. The quantitative estimate of drug-likeness (QED) is 0.809. The number of carbonyl (C=O) groups is 2. The highest BCUT2D eigenvalue weighted by Gasteiger charge is 2.14. The molecule has 0 radical (unpaired) electrons. The summed E-state index contributed by atoms with van der Waals surface area (Å²) < 4.78 is 0. The Hall–Kier alpha value is -2.04. The number of amides is 2. The highest BCUT2D eigenvalue weighted by molar-refractivity contribution is 5.89. The fraction of sp³-hybridized carbons (Fsp3) is 0.500. The van der Waals surface area contributed by atoms with E-state index in [-0.39, 0.29) is 18.5 Å². The first-order chi connectivity index (χ1) is 9.93. The second kappa shape index (κ2) is 8.29. The predicted molar refractivity (Wildman–Crippen MR) is 83.6 cm³/mol. The normalized spacial score (nSPS) is 11.8. The molecule has 1 atom stereocenters. The van der Waals surface area contributed by atoms with Crippen LogP contribution in [0.5, 0.6) is 0 Å². The van der Waals surface area contributed by atoms with E-state index in [1.807, 2.05) is 25.1 Å². The first-order valence-corrected chi connectivity index (χ1v) is 7.28.